The molecule has 108 valence electrons. The zero-order valence-corrected chi connectivity index (χ0v) is 13.0. The lowest BCUT2D eigenvalue weighted by Gasteiger charge is -2.35. The van der Waals surface area contributed by atoms with Gasteiger partial charge in [-0.1, -0.05) is 26.7 Å². The smallest absolute Gasteiger partial charge is 0.0616 e. The van der Waals surface area contributed by atoms with E-state index >= 15 is 0 Å². The standard InChI is InChI=1S/C15H31NOS/c1-3-5-11-18-12-8-14-7-6-9-15(14,13-17)16-10-4-2/h14,16-17H,3-13H2,1-2H3. The van der Waals surface area contributed by atoms with E-state index in [1.807, 2.05) is 0 Å². The summed E-state index contributed by atoms with van der Waals surface area (Å²) in [5, 5.41) is 13.4. The van der Waals surface area contributed by atoms with Crippen LogP contribution in [0.1, 0.15) is 58.8 Å². The van der Waals surface area contributed by atoms with Crippen LogP contribution in [0.25, 0.3) is 0 Å². The molecule has 0 aromatic heterocycles. The fourth-order valence-electron chi connectivity index (χ4n) is 3.01. The average molecular weight is 273 g/mol. The Morgan fingerprint density at radius 2 is 2.11 bits per heavy atom. The van der Waals surface area contributed by atoms with Crippen LogP contribution in [-0.4, -0.2) is 35.3 Å². The molecule has 2 N–H and O–H groups in total. The van der Waals surface area contributed by atoms with E-state index < -0.39 is 0 Å². The quantitative estimate of drug-likeness (QED) is 0.598. The molecule has 0 spiro atoms. The van der Waals surface area contributed by atoms with E-state index in [1.165, 1.54) is 43.6 Å². The summed E-state index contributed by atoms with van der Waals surface area (Å²) in [6, 6.07) is 0. The molecule has 0 aliphatic heterocycles. The number of rotatable bonds is 10. The molecule has 1 saturated carbocycles. The summed E-state index contributed by atoms with van der Waals surface area (Å²) in [5.74, 6) is 3.25. The van der Waals surface area contributed by atoms with Crippen molar-refractivity contribution in [1.29, 1.82) is 0 Å². The third-order valence-electron chi connectivity index (χ3n) is 4.22. The van der Waals surface area contributed by atoms with Crippen molar-refractivity contribution in [2.24, 2.45) is 5.92 Å². The zero-order chi connectivity index (χ0) is 13.3. The van der Waals surface area contributed by atoms with Gasteiger partial charge in [0.2, 0.25) is 0 Å². The van der Waals surface area contributed by atoms with Crippen molar-refractivity contribution in [3.63, 3.8) is 0 Å². The van der Waals surface area contributed by atoms with Crippen LogP contribution in [-0.2, 0) is 0 Å². The highest BCUT2D eigenvalue weighted by molar-refractivity contribution is 7.99. The number of thioether (sulfide) groups is 1. The van der Waals surface area contributed by atoms with Gasteiger partial charge in [-0.3, -0.25) is 0 Å². The van der Waals surface area contributed by atoms with Gasteiger partial charge in [0.1, 0.15) is 0 Å². The largest absolute Gasteiger partial charge is 0.394 e. The van der Waals surface area contributed by atoms with E-state index in [9.17, 15) is 5.11 Å². The molecule has 0 amide bonds. The highest BCUT2D eigenvalue weighted by Crippen LogP contribution is 2.38. The second kappa shape index (κ2) is 9.22. The Morgan fingerprint density at radius 1 is 1.28 bits per heavy atom. The molecule has 1 rings (SSSR count). The first-order chi connectivity index (χ1) is 8.79. The molecule has 0 heterocycles. The zero-order valence-electron chi connectivity index (χ0n) is 12.2. The molecule has 2 unspecified atom stereocenters. The van der Waals surface area contributed by atoms with Gasteiger partial charge in [0, 0.05) is 5.54 Å². The maximum Gasteiger partial charge on any atom is 0.0616 e. The first-order valence-corrected chi connectivity index (χ1v) is 8.88. The van der Waals surface area contributed by atoms with Crippen LogP contribution >= 0.6 is 11.8 Å². The average Bonchev–Trinajstić information content (AvgIpc) is 2.80. The van der Waals surface area contributed by atoms with Gasteiger partial charge in [-0.2, -0.15) is 11.8 Å². The highest BCUT2D eigenvalue weighted by atomic mass is 32.2. The summed E-state index contributed by atoms with van der Waals surface area (Å²) < 4.78 is 0. The van der Waals surface area contributed by atoms with Gasteiger partial charge in [0.05, 0.1) is 6.61 Å². The second-order valence-corrected chi connectivity index (χ2v) is 6.81. The van der Waals surface area contributed by atoms with Crippen LogP contribution in [0, 0.1) is 5.92 Å². The van der Waals surface area contributed by atoms with E-state index in [-0.39, 0.29) is 5.54 Å². The fourth-order valence-corrected chi connectivity index (χ4v) is 4.16. The third kappa shape index (κ3) is 4.75. The van der Waals surface area contributed by atoms with Crippen LogP contribution in [0.4, 0.5) is 0 Å². The van der Waals surface area contributed by atoms with Gasteiger partial charge in [0.25, 0.3) is 0 Å². The van der Waals surface area contributed by atoms with Crippen molar-refractivity contribution >= 4 is 11.8 Å². The van der Waals surface area contributed by atoms with Gasteiger partial charge in [-0.15, -0.1) is 0 Å². The minimum Gasteiger partial charge on any atom is -0.394 e. The molecule has 18 heavy (non-hydrogen) atoms. The summed E-state index contributed by atoms with van der Waals surface area (Å²) in [6.07, 6.45) is 8.80. The van der Waals surface area contributed by atoms with Gasteiger partial charge in [0.15, 0.2) is 0 Å². The molecule has 2 nitrogen and oxygen atoms in total. The first-order valence-electron chi connectivity index (χ1n) is 7.72. The maximum atomic E-state index is 9.79. The highest BCUT2D eigenvalue weighted by Gasteiger charge is 2.41. The number of hydrogen-bond acceptors (Lipinski definition) is 3. The predicted molar refractivity (Wildman–Crippen MR) is 82.3 cm³/mol. The predicted octanol–water partition coefficient (Wildman–Crippen LogP) is 3.44. The molecular weight excluding hydrogens is 242 g/mol. The number of aliphatic hydroxyl groups is 1. The normalized spacial score (nSPS) is 27.8. The van der Waals surface area contributed by atoms with Crippen LogP contribution in [0.5, 0.6) is 0 Å². The van der Waals surface area contributed by atoms with E-state index in [0.717, 1.165) is 19.4 Å². The van der Waals surface area contributed by atoms with Crippen molar-refractivity contribution in [2.45, 2.75) is 64.3 Å². The maximum absolute atomic E-state index is 9.79. The molecule has 1 aliphatic carbocycles. The van der Waals surface area contributed by atoms with Crippen LogP contribution in [0.2, 0.25) is 0 Å². The summed E-state index contributed by atoms with van der Waals surface area (Å²) in [5.41, 5.74) is 0.0430. The monoisotopic (exact) mass is 273 g/mol. The number of nitrogens with one attached hydrogen (secondary N) is 1. The summed E-state index contributed by atoms with van der Waals surface area (Å²) in [6.45, 7) is 5.81. The van der Waals surface area contributed by atoms with Crippen molar-refractivity contribution in [3.8, 4) is 0 Å². The van der Waals surface area contributed by atoms with Crippen molar-refractivity contribution < 1.29 is 5.11 Å². The lowest BCUT2D eigenvalue weighted by atomic mass is 9.85. The Labute approximate surface area is 117 Å². The molecule has 0 aromatic carbocycles. The van der Waals surface area contributed by atoms with Gasteiger partial charge < -0.3 is 10.4 Å². The molecular formula is C15H31NOS. The Kier molecular flexibility index (Phi) is 8.36. The lowest BCUT2D eigenvalue weighted by Crippen LogP contribution is -2.51. The lowest BCUT2D eigenvalue weighted by molar-refractivity contribution is 0.122. The SMILES string of the molecule is CCCCSCCC1CCCC1(CO)NCCC. The molecule has 0 bridgehead atoms. The van der Waals surface area contributed by atoms with Crippen molar-refractivity contribution in [3.05, 3.63) is 0 Å². The topological polar surface area (TPSA) is 32.3 Å². The molecule has 0 aromatic rings. The minimum absolute atomic E-state index is 0.0430. The molecule has 1 aliphatic rings. The molecule has 0 saturated heterocycles. The first kappa shape index (κ1) is 16.3. The summed E-state index contributed by atoms with van der Waals surface area (Å²) >= 11 is 2.09. The molecule has 1 fully saturated rings. The van der Waals surface area contributed by atoms with E-state index in [2.05, 4.69) is 30.9 Å². The van der Waals surface area contributed by atoms with Crippen LogP contribution in [0.15, 0.2) is 0 Å². The molecule has 2 atom stereocenters. The summed E-state index contributed by atoms with van der Waals surface area (Å²) in [4.78, 5) is 0. The number of unbranched alkanes of at least 4 members (excludes halogenated alkanes) is 1. The fraction of sp³-hybridized carbons (Fsp3) is 1.00. The van der Waals surface area contributed by atoms with E-state index in [0.29, 0.717) is 12.5 Å². The van der Waals surface area contributed by atoms with E-state index in [1.54, 1.807) is 0 Å². The Hall–Kier alpha value is 0.270. The van der Waals surface area contributed by atoms with E-state index in [4.69, 9.17) is 0 Å². The molecule has 0 radical (unpaired) electrons. The number of hydrogen-bond donors (Lipinski definition) is 2. The van der Waals surface area contributed by atoms with Gasteiger partial charge in [-0.05, 0) is 56.1 Å². The van der Waals surface area contributed by atoms with Gasteiger partial charge in [-0.25, -0.2) is 0 Å². The summed E-state index contributed by atoms with van der Waals surface area (Å²) in [7, 11) is 0. The van der Waals surface area contributed by atoms with Crippen LogP contribution < -0.4 is 5.32 Å². The second-order valence-electron chi connectivity index (χ2n) is 5.58. The third-order valence-corrected chi connectivity index (χ3v) is 5.32. The van der Waals surface area contributed by atoms with Gasteiger partial charge >= 0.3 is 0 Å². The minimum atomic E-state index is 0.0430. The Balaban J connectivity index is 2.32. The molecule has 3 heteroatoms. The van der Waals surface area contributed by atoms with Crippen molar-refractivity contribution in [1.82, 2.24) is 5.32 Å². The number of aliphatic hydroxyl groups excluding tert-OH is 1. The van der Waals surface area contributed by atoms with Crippen LogP contribution in [0.3, 0.4) is 0 Å². The van der Waals surface area contributed by atoms with Crippen molar-refractivity contribution in [2.75, 3.05) is 24.7 Å². The Morgan fingerprint density at radius 3 is 2.78 bits per heavy atom. The Bertz CT molecular complexity index is 213.